The molecular weight excluding hydrogens is 248 g/mol. The Morgan fingerprint density at radius 2 is 2.11 bits per heavy atom. The summed E-state index contributed by atoms with van der Waals surface area (Å²) < 4.78 is 4.95. The number of ether oxygens (including phenoxy) is 1. The number of phenols is 1. The third-order valence-electron chi connectivity index (χ3n) is 2.91. The first kappa shape index (κ1) is 12.8. The average Bonchev–Trinajstić information content (AvgIpc) is 2.64. The first-order chi connectivity index (χ1) is 8.95. The number of H-pyrrole nitrogens is 1. The highest BCUT2D eigenvalue weighted by atomic mass is 16.5. The molecule has 0 aliphatic heterocycles. The lowest BCUT2D eigenvalue weighted by Gasteiger charge is -2.06. The molecule has 0 spiro atoms. The molecule has 2 rings (SSSR count). The molecule has 0 atom stereocenters. The molecule has 1 heterocycles. The molecule has 6 heteroatoms. The van der Waals surface area contributed by atoms with Crippen LogP contribution < -0.4 is 10.5 Å². The van der Waals surface area contributed by atoms with Crippen LogP contribution in [0.2, 0.25) is 0 Å². The lowest BCUT2D eigenvalue weighted by molar-refractivity contribution is 0.0697. The van der Waals surface area contributed by atoms with Gasteiger partial charge in [-0.3, -0.25) is 0 Å². The standard InChI is InChI=1S/C13H14N2O4/c1-6-10(13(17)18)11(14)12(15-6)7-3-4-9(19-2)8(16)5-7/h3-5,15-16H,14H2,1-2H3,(H,17,18). The van der Waals surface area contributed by atoms with Gasteiger partial charge in [0.15, 0.2) is 11.5 Å². The zero-order valence-corrected chi connectivity index (χ0v) is 10.5. The van der Waals surface area contributed by atoms with Crippen molar-refractivity contribution in [2.45, 2.75) is 6.92 Å². The topological polar surface area (TPSA) is 109 Å². The van der Waals surface area contributed by atoms with E-state index in [1.807, 2.05) is 0 Å². The van der Waals surface area contributed by atoms with Crippen molar-refractivity contribution in [2.75, 3.05) is 12.8 Å². The minimum atomic E-state index is -1.09. The molecule has 0 saturated carbocycles. The summed E-state index contributed by atoms with van der Waals surface area (Å²) in [5.74, 6) is -0.789. The molecule has 100 valence electrons. The van der Waals surface area contributed by atoms with E-state index in [1.165, 1.54) is 13.2 Å². The van der Waals surface area contributed by atoms with E-state index >= 15 is 0 Å². The molecule has 0 bridgehead atoms. The van der Waals surface area contributed by atoms with Gasteiger partial charge in [0.1, 0.15) is 5.56 Å². The second-order valence-corrected chi connectivity index (χ2v) is 4.11. The van der Waals surface area contributed by atoms with E-state index in [-0.39, 0.29) is 17.0 Å². The number of hydrogen-bond acceptors (Lipinski definition) is 4. The highest BCUT2D eigenvalue weighted by Crippen LogP contribution is 2.35. The van der Waals surface area contributed by atoms with Gasteiger partial charge in [-0.05, 0) is 25.1 Å². The summed E-state index contributed by atoms with van der Waals surface area (Å²) in [5.41, 5.74) is 7.55. The van der Waals surface area contributed by atoms with E-state index < -0.39 is 5.97 Å². The van der Waals surface area contributed by atoms with Gasteiger partial charge in [-0.2, -0.15) is 0 Å². The van der Waals surface area contributed by atoms with Crippen LogP contribution in [0.25, 0.3) is 11.3 Å². The lowest BCUT2D eigenvalue weighted by atomic mass is 10.1. The fraction of sp³-hybridized carbons (Fsp3) is 0.154. The predicted octanol–water partition coefficient (Wildman–Crippen LogP) is 1.98. The number of methoxy groups -OCH3 is 1. The van der Waals surface area contributed by atoms with Gasteiger partial charge in [-0.1, -0.05) is 0 Å². The third-order valence-corrected chi connectivity index (χ3v) is 2.91. The van der Waals surface area contributed by atoms with Crippen molar-refractivity contribution >= 4 is 11.7 Å². The van der Waals surface area contributed by atoms with Gasteiger partial charge >= 0.3 is 5.97 Å². The molecule has 0 unspecified atom stereocenters. The number of phenolic OH excluding ortho intramolecular Hbond substituents is 1. The first-order valence-electron chi connectivity index (χ1n) is 5.54. The van der Waals surface area contributed by atoms with Crippen molar-refractivity contribution < 1.29 is 19.7 Å². The third kappa shape index (κ3) is 2.08. The van der Waals surface area contributed by atoms with E-state index in [0.717, 1.165) is 0 Å². The van der Waals surface area contributed by atoms with Crippen LogP contribution in [0.1, 0.15) is 16.1 Å². The van der Waals surface area contributed by atoms with Crippen LogP contribution in [0, 0.1) is 6.92 Å². The highest BCUT2D eigenvalue weighted by Gasteiger charge is 2.19. The van der Waals surface area contributed by atoms with Gasteiger partial charge in [-0.15, -0.1) is 0 Å². The summed E-state index contributed by atoms with van der Waals surface area (Å²) in [5, 5.41) is 18.8. The number of aromatic carboxylic acids is 1. The number of carboxylic acids is 1. The molecular formula is C13H14N2O4. The first-order valence-corrected chi connectivity index (χ1v) is 5.54. The molecule has 0 fully saturated rings. The summed E-state index contributed by atoms with van der Waals surface area (Å²) in [6.07, 6.45) is 0. The Morgan fingerprint density at radius 1 is 1.42 bits per heavy atom. The molecule has 1 aromatic carbocycles. The molecule has 0 aliphatic rings. The Labute approximate surface area is 109 Å². The number of aromatic hydroxyl groups is 1. The van der Waals surface area contributed by atoms with Gasteiger partial charge < -0.3 is 25.7 Å². The number of nitrogens with one attached hydrogen (secondary N) is 1. The maximum atomic E-state index is 11.1. The van der Waals surface area contributed by atoms with Crippen LogP contribution in [0.5, 0.6) is 11.5 Å². The summed E-state index contributed by atoms with van der Waals surface area (Å²) in [7, 11) is 1.45. The van der Waals surface area contributed by atoms with Gasteiger partial charge in [0.2, 0.25) is 0 Å². The molecule has 1 aromatic heterocycles. The number of rotatable bonds is 3. The van der Waals surface area contributed by atoms with Gasteiger partial charge in [0, 0.05) is 11.3 Å². The van der Waals surface area contributed by atoms with Crippen molar-refractivity contribution in [3.63, 3.8) is 0 Å². The smallest absolute Gasteiger partial charge is 0.339 e. The van der Waals surface area contributed by atoms with E-state index in [2.05, 4.69) is 4.98 Å². The number of benzene rings is 1. The van der Waals surface area contributed by atoms with Crippen molar-refractivity contribution in [2.24, 2.45) is 0 Å². The van der Waals surface area contributed by atoms with Crippen molar-refractivity contribution in [3.05, 3.63) is 29.5 Å². The number of aromatic nitrogens is 1. The number of aromatic amines is 1. The van der Waals surface area contributed by atoms with Crippen LogP contribution in [-0.4, -0.2) is 28.3 Å². The van der Waals surface area contributed by atoms with E-state index in [1.54, 1.807) is 19.1 Å². The molecule has 6 nitrogen and oxygen atoms in total. The largest absolute Gasteiger partial charge is 0.504 e. The van der Waals surface area contributed by atoms with Crippen LogP contribution >= 0.6 is 0 Å². The minimum Gasteiger partial charge on any atom is -0.504 e. The quantitative estimate of drug-likeness (QED) is 0.676. The Kier molecular flexibility index (Phi) is 3.08. The van der Waals surface area contributed by atoms with Crippen LogP contribution in [0.4, 0.5) is 5.69 Å². The fourth-order valence-electron chi connectivity index (χ4n) is 1.99. The number of carbonyl (C=O) groups is 1. The van der Waals surface area contributed by atoms with Gasteiger partial charge in [-0.25, -0.2) is 4.79 Å². The number of carboxylic acid groups (broad SMARTS) is 1. The molecule has 5 N–H and O–H groups in total. The van der Waals surface area contributed by atoms with Crippen LogP contribution in [0.3, 0.4) is 0 Å². The number of nitrogen functional groups attached to an aromatic ring is 1. The SMILES string of the molecule is COc1ccc(-c2[nH]c(C)c(C(=O)O)c2N)cc1O. The zero-order valence-electron chi connectivity index (χ0n) is 10.5. The summed E-state index contributed by atoms with van der Waals surface area (Å²) >= 11 is 0. The summed E-state index contributed by atoms with van der Waals surface area (Å²) in [6.45, 7) is 1.63. The van der Waals surface area contributed by atoms with Crippen LogP contribution in [0.15, 0.2) is 18.2 Å². The Hall–Kier alpha value is -2.63. The highest BCUT2D eigenvalue weighted by molar-refractivity contribution is 5.99. The molecule has 2 aromatic rings. The zero-order chi connectivity index (χ0) is 14.2. The van der Waals surface area contributed by atoms with Crippen molar-refractivity contribution in [1.29, 1.82) is 0 Å². The summed E-state index contributed by atoms with van der Waals surface area (Å²) in [6, 6.07) is 4.73. The van der Waals surface area contributed by atoms with Crippen molar-refractivity contribution in [3.8, 4) is 22.8 Å². The van der Waals surface area contributed by atoms with Gasteiger partial charge in [0.25, 0.3) is 0 Å². The average molecular weight is 262 g/mol. The second kappa shape index (κ2) is 4.56. The predicted molar refractivity (Wildman–Crippen MR) is 70.6 cm³/mol. The Bertz CT molecular complexity index is 646. The van der Waals surface area contributed by atoms with Gasteiger partial charge in [0.05, 0.1) is 18.5 Å². The number of nitrogens with two attached hydrogens (primary N) is 1. The normalized spacial score (nSPS) is 10.4. The molecule has 0 amide bonds. The molecule has 19 heavy (non-hydrogen) atoms. The fourth-order valence-corrected chi connectivity index (χ4v) is 1.99. The second-order valence-electron chi connectivity index (χ2n) is 4.11. The maximum Gasteiger partial charge on any atom is 0.339 e. The number of hydrogen-bond donors (Lipinski definition) is 4. The van der Waals surface area contributed by atoms with E-state index in [9.17, 15) is 9.90 Å². The monoisotopic (exact) mass is 262 g/mol. The minimum absolute atomic E-state index is 0.0384. The van der Waals surface area contributed by atoms with E-state index in [0.29, 0.717) is 22.7 Å². The molecule has 0 saturated heterocycles. The molecule has 0 radical (unpaired) electrons. The van der Waals surface area contributed by atoms with Crippen LogP contribution in [-0.2, 0) is 0 Å². The number of aryl methyl sites for hydroxylation is 1. The number of anilines is 1. The Morgan fingerprint density at radius 3 is 2.58 bits per heavy atom. The summed E-state index contributed by atoms with van der Waals surface area (Å²) in [4.78, 5) is 14.0. The van der Waals surface area contributed by atoms with E-state index in [4.69, 9.17) is 15.6 Å². The van der Waals surface area contributed by atoms with Crippen molar-refractivity contribution in [1.82, 2.24) is 4.98 Å². The maximum absolute atomic E-state index is 11.1. The Balaban J connectivity index is 2.57. The lowest BCUT2D eigenvalue weighted by Crippen LogP contribution is -2.01. The molecule has 0 aliphatic carbocycles.